The number of imidazole rings is 1. The summed E-state index contributed by atoms with van der Waals surface area (Å²) in [6.45, 7) is 9.37. The highest BCUT2D eigenvalue weighted by Gasteiger charge is 2.23. The first-order valence-electron chi connectivity index (χ1n) is 7.50. The van der Waals surface area contributed by atoms with Gasteiger partial charge in [-0.3, -0.25) is 0 Å². The Morgan fingerprint density at radius 1 is 1.32 bits per heavy atom. The largest absolute Gasteiger partial charge is 0.339 e. The molecule has 0 saturated carbocycles. The van der Waals surface area contributed by atoms with Crippen LogP contribution in [0.4, 0.5) is 0 Å². The van der Waals surface area contributed by atoms with Gasteiger partial charge in [0.25, 0.3) is 0 Å². The fourth-order valence-corrected chi connectivity index (χ4v) is 3.39. The number of hydrogen-bond donors (Lipinski definition) is 0. The molecule has 0 aliphatic rings. The minimum Gasteiger partial charge on any atom is -0.339 e. The van der Waals surface area contributed by atoms with Crippen molar-refractivity contribution in [3.05, 3.63) is 47.4 Å². The van der Waals surface area contributed by atoms with Gasteiger partial charge >= 0.3 is 0 Å². The maximum Gasteiger partial charge on any atom is 0.129 e. The average Bonchev–Trinajstić information content (AvgIpc) is 2.85. The highest BCUT2D eigenvalue weighted by molar-refractivity contribution is 7.96. The van der Waals surface area contributed by atoms with E-state index >= 15 is 0 Å². The van der Waals surface area contributed by atoms with Gasteiger partial charge in [-0.1, -0.05) is 51.4 Å². The topological polar surface area (TPSA) is 21.1 Å². The Hall–Kier alpha value is -0.970. The third kappa shape index (κ3) is 5.67. The van der Waals surface area contributed by atoms with Crippen molar-refractivity contribution in [2.24, 2.45) is 7.05 Å². The maximum absolute atomic E-state index is 6.09. The predicted octanol–water partition coefficient (Wildman–Crippen LogP) is 5.02. The van der Waals surface area contributed by atoms with Crippen LogP contribution in [-0.2, 0) is 12.5 Å². The molecular formula is C17H26ClN3S. The summed E-state index contributed by atoms with van der Waals surface area (Å²) in [7, 11) is 4.07. The lowest BCUT2D eigenvalue weighted by molar-refractivity contribution is 0.402. The Morgan fingerprint density at radius 2 is 2.00 bits per heavy atom. The number of halogens is 1. The summed E-state index contributed by atoms with van der Waals surface area (Å²) < 4.78 is 4.17. The van der Waals surface area contributed by atoms with Crippen molar-refractivity contribution in [2.45, 2.75) is 38.1 Å². The molecule has 2 rings (SSSR count). The lowest BCUT2D eigenvalue weighted by atomic mass is 9.85. The Morgan fingerprint density at radius 3 is 2.55 bits per heavy atom. The normalized spacial score (nSPS) is 11.3. The van der Waals surface area contributed by atoms with Gasteiger partial charge in [-0.25, -0.2) is 9.29 Å². The van der Waals surface area contributed by atoms with E-state index in [1.807, 2.05) is 56.2 Å². The number of hydrogen-bond acceptors (Lipinski definition) is 3. The molecule has 0 atom stereocenters. The molecule has 22 heavy (non-hydrogen) atoms. The minimum absolute atomic E-state index is 0.0292. The molecule has 0 bridgehead atoms. The summed E-state index contributed by atoms with van der Waals surface area (Å²) in [4.78, 5) is 4.34. The number of rotatable bonds is 5. The van der Waals surface area contributed by atoms with Crippen LogP contribution in [0.2, 0.25) is 5.02 Å². The molecule has 1 heterocycles. The van der Waals surface area contributed by atoms with Gasteiger partial charge < -0.3 is 4.57 Å². The third-order valence-corrected chi connectivity index (χ3v) is 4.23. The van der Waals surface area contributed by atoms with E-state index in [-0.39, 0.29) is 5.41 Å². The van der Waals surface area contributed by atoms with Crippen molar-refractivity contribution in [2.75, 3.05) is 13.6 Å². The van der Waals surface area contributed by atoms with Crippen LogP contribution >= 0.6 is 23.5 Å². The van der Waals surface area contributed by atoms with Crippen LogP contribution in [0.5, 0.6) is 0 Å². The van der Waals surface area contributed by atoms with E-state index in [4.69, 9.17) is 11.6 Å². The van der Waals surface area contributed by atoms with E-state index in [1.165, 1.54) is 5.56 Å². The molecular weight excluding hydrogens is 314 g/mol. The van der Waals surface area contributed by atoms with Crippen molar-refractivity contribution < 1.29 is 0 Å². The Balaban J connectivity index is 0.00000116. The highest BCUT2D eigenvalue weighted by Crippen LogP contribution is 2.29. The quantitative estimate of drug-likeness (QED) is 0.714. The molecule has 0 aliphatic carbocycles. The lowest BCUT2D eigenvalue weighted by Gasteiger charge is -2.30. The van der Waals surface area contributed by atoms with Crippen molar-refractivity contribution in [3.8, 4) is 0 Å². The molecule has 0 amide bonds. The van der Waals surface area contributed by atoms with Crippen LogP contribution in [0.3, 0.4) is 0 Å². The Bertz CT molecular complexity index is 581. The predicted molar refractivity (Wildman–Crippen MR) is 97.5 cm³/mol. The van der Waals surface area contributed by atoms with Crippen molar-refractivity contribution >= 4 is 23.5 Å². The zero-order valence-electron chi connectivity index (χ0n) is 14.3. The van der Waals surface area contributed by atoms with E-state index < -0.39 is 0 Å². The molecule has 0 aliphatic heterocycles. The molecule has 0 N–H and O–H groups in total. The average molecular weight is 340 g/mol. The number of likely N-dealkylation sites (N-methyl/N-ethyl adjacent to an activating group) is 1. The summed E-state index contributed by atoms with van der Waals surface area (Å²) in [5, 5.41) is 1.80. The first-order chi connectivity index (χ1) is 10.4. The molecule has 0 fully saturated rings. The number of aromatic nitrogens is 2. The van der Waals surface area contributed by atoms with Crippen LogP contribution in [0.15, 0.2) is 41.8 Å². The molecule has 0 radical (unpaired) electrons. The summed E-state index contributed by atoms with van der Waals surface area (Å²) >= 11 is 7.75. The fraction of sp³-hybridized carbons (Fsp3) is 0.471. The summed E-state index contributed by atoms with van der Waals surface area (Å²) in [6.07, 6.45) is 3.84. The van der Waals surface area contributed by atoms with Gasteiger partial charge in [0.1, 0.15) is 5.03 Å². The van der Waals surface area contributed by atoms with Crippen LogP contribution in [-0.4, -0.2) is 27.4 Å². The Kier molecular flexibility index (Phi) is 7.46. The minimum atomic E-state index is 0.0292. The molecule has 2 aromatic rings. The third-order valence-electron chi connectivity index (χ3n) is 3.15. The van der Waals surface area contributed by atoms with Gasteiger partial charge in [-0.2, -0.15) is 0 Å². The van der Waals surface area contributed by atoms with Gasteiger partial charge in [-0.15, -0.1) is 0 Å². The van der Waals surface area contributed by atoms with Gasteiger partial charge in [0, 0.05) is 30.2 Å². The standard InChI is InChI=1S/C15H20ClN3S.C2H6/c1-15(2,12-6-5-7-13(16)8-12)10-19(4)20-14-9-18(3)11-17-14;1-2/h5-9,11H,10H2,1-4H3;1-2H3. The van der Waals surface area contributed by atoms with E-state index in [9.17, 15) is 0 Å². The smallest absolute Gasteiger partial charge is 0.129 e. The molecule has 0 saturated heterocycles. The molecule has 1 aromatic carbocycles. The second kappa shape index (κ2) is 8.61. The molecule has 1 aromatic heterocycles. The zero-order valence-corrected chi connectivity index (χ0v) is 15.9. The second-order valence-electron chi connectivity index (χ2n) is 5.65. The van der Waals surface area contributed by atoms with Crippen LogP contribution in [0.1, 0.15) is 33.3 Å². The molecule has 0 unspecified atom stereocenters. The maximum atomic E-state index is 6.09. The second-order valence-corrected chi connectivity index (χ2v) is 7.31. The van der Waals surface area contributed by atoms with Crippen molar-refractivity contribution in [1.29, 1.82) is 0 Å². The van der Waals surface area contributed by atoms with E-state index in [1.54, 1.807) is 11.9 Å². The first kappa shape index (κ1) is 19.1. The van der Waals surface area contributed by atoms with Crippen molar-refractivity contribution in [1.82, 2.24) is 13.9 Å². The van der Waals surface area contributed by atoms with Gasteiger partial charge in [0.2, 0.25) is 0 Å². The Labute approximate surface area is 143 Å². The van der Waals surface area contributed by atoms with E-state index in [2.05, 4.69) is 36.3 Å². The van der Waals surface area contributed by atoms with Gasteiger partial charge in [-0.05, 0) is 36.7 Å². The number of nitrogens with zero attached hydrogens (tertiary/aromatic N) is 3. The summed E-state index contributed by atoms with van der Waals surface area (Å²) in [6, 6.07) is 8.09. The highest BCUT2D eigenvalue weighted by atomic mass is 35.5. The zero-order chi connectivity index (χ0) is 16.8. The monoisotopic (exact) mass is 339 g/mol. The van der Waals surface area contributed by atoms with Crippen LogP contribution < -0.4 is 0 Å². The van der Waals surface area contributed by atoms with Crippen molar-refractivity contribution in [3.63, 3.8) is 0 Å². The number of benzene rings is 1. The van der Waals surface area contributed by atoms with Gasteiger partial charge in [0.05, 0.1) is 6.33 Å². The fourth-order valence-electron chi connectivity index (χ4n) is 2.19. The van der Waals surface area contributed by atoms with Crippen LogP contribution in [0.25, 0.3) is 0 Å². The SMILES string of the molecule is CC.CN(CC(C)(C)c1cccc(Cl)c1)Sc1cn(C)cn1. The molecule has 3 nitrogen and oxygen atoms in total. The van der Waals surface area contributed by atoms with E-state index in [0.29, 0.717) is 0 Å². The van der Waals surface area contributed by atoms with Gasteiger partial charge in [0.15, 0.2) is 0 Å². The molecule has 5 heteroatoms. The number of aryl methyl sites for hydroxylation is 1. The van der Waals surface area contributed by atoms with E-state index in [0.717, 1.165) is 16.6 Å². The summed E-state index contributed by atoms with van der Waals surface area (Å²) in [5.41, 5.74) is 1.28. The summed E-state index contributed by atoms with van der Waals surface area (Å²) in [5.74, 6) is 0. The lowest BCUT2D eigenvalue weighted by Crippen LogP contribution is -2.31. The molecule has 0 spiro atoms. The van der Waals surface area contributed by atoms with Crippen LogP contribution in [0, 0.1) is 0 Å². The first-order valence-corrected chi connectivity index (χ1v) is 8.65. The molecule has 122 valence electrons.